The molecule has 1 unspecified atom stereocenters. The van der Waals surface area contributed by atoms with E-state index < -0.39 is 0 Å². The van der Waals surface area contributed by atoms with Crippen molar-refractivity contribution < 1.29 is 0 Å². The van der Waals surface area contributed by atoms with Crippen LogP contribution in [0.1, 0.15) is 13.3 Å². The molecular weight excluding hydrogens is 100 g/mol. The van der Waals surface area contributed by atoms with Gasteiger partial charge in [-0.05, 0) is 32.5 Å². The molecule has 0 aliphatic heterocycles. The maximum Gasteiger partial charge on any atom is -0.00257 e. The van der Waals surface area contributed by atoms with Crippen molar-refractivity contribution >= 4 is 0 Å². The molecule has 0 aromatic heterocycles. The Bertz CT molecular complexity index is 39.8. The minimum absolute atomic E-state index is 0.727. The van der Waals surface area contributed by atoms with Crippen LogP contribution in [0.4, 0.5) is 0 Å². The highest BCUT2D eigenvalue weighted by Gasteiger charge is 1.95. The molecule has 0 spiro atoms. The van der Waals surface area contributed by atoms with Crippen LogP contribution in [0.25, 0.3) is 0 Å². The van der Waals surface area contributed by atoms with E-state index in [2.05, 4.69) is 12.2 Å². The van der Waals surface area contributed by atoms with E-state index in [-0.39, 0.29) is 0 Å². The standard InChI is InChI=1S/C6H16N2/c1-6(3-4-7)5-8-2/h6,8H,3-5,7H2,1-2H3. The van der Waals surface area contributed by atoms with Crippen LogP contribution >= 0.6 is 0 Å². The Morgan fingerprint density at radius 2 is 2.25 bits per heavy atom. The fraction of sp³-hybridized carbons (Fsp3) is 1.00. The van der Waals surface area contributed by atoms with E-state index in [9.17, 15) is 0 Å². The fourth-order valence-electron chi connectivity index (χ4n) is 0.735. The first-order chi connectivity index (χ1) is 3.81. The lowest BCUT2D eigenvalue weighted by Crippen LogP contribution is -2.18. The van der Waals surface area contributed by atoms with Gasteiger partial charge in [-0.3, -0.25) is 0 Å². The van der Waals surface area contributed by atoms with Crippen molar-refractivity contribution in [1.29, 1.82) is 0 Å². The van der Waals surface area contributed by atoms with Crippen molar-refractivity contribution in [3.63, 3.8) is 0 Å². The second-order valence-electron chi connectivity index (χ2n) is 2.24. The molecule has 0 amide bonds. The molecular formula is C6H16N2. The van der Waals surface area contributed by atoms with Crippen LogP contribution in [0.2, 0.25) is 0 Å². The third-order valence-electron chi connectivity index (χ3n) is 1.21. The first-order valence-corrected chi connectivity index (χ1v) is 3.16. The van der Waals surface area contributed by atoms with Gasteiger partial charge in [-0.1, -0.05) is 6.92 Å². The summed E-state index contributed by atoms with van der Waals surface area (Å²) in [4.78, 5) is 0. The summed E-state index contributed by atoms with van der Waals surface area (Å²) < 4.78 is 0. The monoisotopic (exact) mass is 116 g/mol. The molecule has 0 saturated heterocycles. The average molecular weight is 116 g/mol. The fourth-order valence-corrected chi connectivity index (χ4v) is 0.735. The Labute approximate surface area is 51.5 Å². The lowest BCUT2D eigenvalue weighted by molar-refractivity contribution is 0.511. The third kappa shape index (κ3) is 4.09. The molecule has 50 valence electrons. The summed E-state index contributed by atoms with van der Waals surface area (Å²) >= 11 is 0. The molecule has 2 heteroatoms. The van der Waals surface area contributed by atoms with Gasteiger partial charge in [0, 0.05) is 0 Å². The zero-order valence-corrected chi connectivity index (χ0v) is 5.78. The maximum absolute atomic E-state index is 5.33. The van der Waals surface area contributed by atoms with E-state index in [1.54, 1.807) is 0 Å². The number of hydrogen-bond donors (Lipinski definition) is 2. The maximum atomic E-state index is 5.33. The molecule has 3 N–H and O–H groups in total. The lowest BCUT2D eigenvalue weighted by atomic mass is 10.1. The summed E-state index contributed by atoms with van der Waals surface area (Å²) in [5.74, 6) is 0.727. The van der Waals surface area contributed by atoms with Crippen LogP contribution in [0.5, 0.6) is 0 Å². The highest BCUT2D eigenvalue weighted by Crippen LogP contribution is 1.95. The molecule has 2 nitrogen and oxygen atoms in total. The van der Waals surface area contributed by atoms with Crippen LogP contribution in [-0.4, -0.2) is 20.1 Å². The second kappa shape index (κ2) is 5.06. The van der Waals surface area contributed by atoms with Gasteiger partial charge in [0.15, 0.2) is 0 Å². The molecule has 0 aliphatic rings. The largest absolute Gasteiger partial charge is 0.330 e. The van der Waals surface area contributed by atoms with Gasteiger partial charge >= 0.3 is 0 Å². The summed E-state index contributed by atoms with van der Waals surface area (Å²) in [7, 11) is 1.97. The van der Waals surface area contributed by atoms with E-state index in [0.29, 0.717) is 0 Å². The minimum atomic E-state index is 0.727. The third-order valence-corrected chi connectivity index (χ3v) is 1.21. The molecule has 0 aromatic carbocycles. The van der Waals surface area contributed by atoms with Crippen LogP contribution < -0.4 is 11.1 Å². The first-order valence-electron chi connectivity index (χ1n) is 3.16. The summed E-state index contributed by atoms with van der Waals surface area (Å²) in [5, 5.41) is 3.10. The zero-order chi connectivity index (χ0) is 6.41. The molecule has 8 heavy (non-hydrogen) atoms. The van der Waals surface area contributed by atoms with E-state index >= 15 is 0 Å². The molecule has 0 rings (SSSR count). The van der Waals surface area contributed by atoms with E-state index in [1.165, 1.54) is 0 Å². The predicted octanol–water partition coefficient (Wildman–Crippen LogP) is 0.191. The number of hydrogen-bond acceptors (Lipinski definition) is 2. The molecule has 0 heterocycles. The van der Waals surface area contributed by atoms with Crippen LogP contribution in [0, 0.1) is 5.92 Å². The van der Waals surface area contributed by atoms with Crippen molar-refractivity contribution in [2.75, 3.05) is 20.1 Å². The molecule has 0 fully saturated rings. The van der Waals surface area contributed by atoms with Gasteiger partial charge in [0.25, 0.3) is 0 Å². The predicted molar refractivity (Wildman–Crippen MR) is 36.8 cm³/mol. The number of nitrogens with two attached hydrogens (primary N) is 1. The SMILES string of the molecule is CNCC(C)CCN. The normalized spacial score (nSPS) is 13.9. The topological polar surface area (TPSA) is 38.0 Å². The Hall–Kier alpha value is -0.0800. The molecule has 0 saturated carbocycles. The molecule has 0 aliphatic carbocycles. The molecule has 0 aromatic rings. The Morgan fingerprint density at radius 3 is 2.62 bits per heavy atom. The van der Waals surface area contributed by atoms with Crippen molar-refractivity contribution in [2.24, 2.45) is 11.7 Å². The van der Waals surface area contributed by atoms with Crippen molar-refractivity contribution in [3.8, 4) is 0 Å². The highest BCUT2D eigenvalue weighted by molar-refractivity contribution is 4.53. The first kappa shape index (κ1) is 7.92. The zero-order valence-electron chi connectivity index (χ0n) is 5.78. The smallest absolute Gasteiger partial charge is 0.00257 e. The molecule has 1 atom stereocenters. The number of nitrogens with one attached hydrogen (secondary N) is 1. The molecule has 0 bridgehead atoms. The quantitative estimate of drug-likeness (QED) is 0.550. The van der Waals surface area contributed by atoms with Gasteiger partial charge in [-0.25, -0.2) is 0 Å². The minimum Gasteiger partial charge on any atom is -0.330 e. The van der Waals surface area contributed by atoms with Gasteiger partial charge in [0.1, 0.15) is 0 Å². The van der Waals surface area contributed by atoms with Crippen LogP contribution in [-0.2, 0) is 0 Å². The van der Waals surface area contributed by atoms with Gasteiger partial charge in [0.05, 0.1) is 0 Å². The van der Waals surface area contributed by atoms with Gasteiger partial charge in [-0.2, -0.15) is 0 Å². The Morgan fingerprint density at radius 1 is 1.62 bits per heavy atom. The summed E-state index contributed by atoms with van der Waals surface area (Å²) in [5.41, 5.74) is 5.33. The van der Waals surface area contributed by atoms with Crippen molar-refractivity contribution in [2.45, 2.75) is 13.3 Å². The van der Waals surface area contributed by atoms with E-state index in [4.69, 9.17) is 5.73 Å². The van der Waals surface area contributed by atoms with Gasteiger partial charge < -0.3 is 11.1 Å². The summed E-state index contributed by atoms with van der Waals surface area (Å²) in [6, 6.07) is 0. The van der Waals surface area contributed by atoms with Crippen molar-refractivity contribution in [3.05, 3.63) is 0 Å². The van der Waals surface area contributed by atoms with Crippen LogP contribution in [0.15, 0.2) is 0 Å². The highest BCUT2D eigenvalue weighted by atomic mass is 14.8. The van der Waals surface area contributed by atoms with Crippen LogP contribution in [0.3, 0.4) is 0 Å². The summed E-state index contributed by atoms with van der Waals surface area (Å²) in [6.45, 7) is 4.09. The molecule has 0 radical (unpaired) electrons. The number of rotatable bonds is 4. The second-order valence-corrected chi connectivity index (χ2v) is 2.24. The van der Waals surface area contributed by atoms with E-state index in [1.807, 2.05) is 7.05 Å². The van der Waals surface area contributed by atoms with E-state index in [0.717, 1.165) is 25.4 Å². The lowest BCUT2D eigenvalue weighted by Gasteiger charge is -2.06. The summed E-state index contributed by atoms with van der Waals surface area (Å²) in [6.07, 6.45) is 1.13. The van der Waals surface area contributed by atoms with Gasteiger partial charge in [0.2, 0.25) is 0 Å². The Balaban J connectivity index is 2.92. The Kier molecular flexibility index (Phi) is 5.01. The van der Waals surface area contributed by atoms with Crippen molar-refractivity contribution in [1.82, 2.24) is 5.32 Å². The average Bonchev–Trinajstić information content (AvgIpc) is 1.68. The van der Waals surface area contributed by atoms with Gasteiger partial charge in [-0.15, -0.1) is 0 Å².